The Labute approximate surface area is 156 Å². The van der Waals surface area contributed by atoms with E-state index in [2.05, 4.69) is 15.4 Å². The van der Waals surface area contributed by atoms with Gasteiger partial charge in [0.05, 0.1) is 22.2 Å². The molecular weight excluding hydrogens is 378 g/mol. The average Bonchev–Trinajstić information content (AvgIpc) is 2.62. The van der Waals surface area contributed by atoms with E-state index in [1.165, 1.54) is 30.3 Å². The third-order valence-electron chi connectivity index (χ3n) is 3.31. The van der Waals surface area contributed by atoms with Crippen LogP contribution in [0, 0.1) is 0 Å². The summed E-state index contributed by atoms with van der Waals surface area (Å²) in [5.74, 6) is -0.879. The third kappa shape index (κ3) is 5.21. The van der Waals surface area contributed by atoms with Crippen molar-refractivity contribution in [1.82, 2.24) is 10.6 Å². The lowest BCUT2D eigenvalue weighted by atomic mass is 10.2. The van der Waals surface area contributed by atoms with Crippen molar-refractivity contribution in [2.24, 2.45) is 0 Å². The highest BCUT2D eigenvalue weighted by atomic mass is 35.5. The standard InChI is InChI=1S/C17H18ClN3O4S/c1-2-19-16(22)11-20-17(23)12-6-5-7-13(10-12)26(24,25)21-15-9-4-3-8-14(15)18/h3-10,21H,2,11H2,1H3,(H,19,22)(H,20,23). The summed E-state index contributed by atoms with van der Waals surface area (Å²) in [4.78, 5) is 23.4. The first-order chi connectivity index (χ1) is 12.3. The van der Waals surface area contributed by atoms with Gasteiger partial charge >= 0.3 is 0 Å². The molecule has 0 heterocycles. The second-order valence-electron chi connectivity index (χ2n) is 5.25. The van der Waals surface area contributed by atoms with Crippen molar-refractivity contribution in [2.45, 2.75) is 11.8 Å². The first-order valence-corrected chi connectivity index (χ1v) is 9.62. The zero-order valence-corrected chi connectivity index (χ0v) is 15.5. The van der Waals surface area contributed by atoms with Crippen molar-refractivity contribution in [3.8, 4) is 0 Å². The fourth-order valence-corrected chi connectivity index (χ4v) is 3.44. The monoisotopic (exact) mass is 395 g/mol. The van der Waals surface area contributed by atoms with Crippen LogP contribution in [-0.2, 0) is 14.8 Å². The Kier molecular flexibility index (Phi) is 6.59. The summed E-state index contributed by atoms with van der Waals surface area (Å²) in [6.45, 7) is 2.03. The number of rotatable bonds is 7. The summed E-state index contributed by atoms with van der Waals surface area (Å²) in [6.07, 6.45) is 0. The molecule has 9 heteroatoms. The second-order valence-corrected chi connectivity index (χ2v) is 7.34. The Morgan fingerprint density at radius 2 is 1.77 bits per heavy atom. The highest BCUT2D eigenvalue weighted by Gasteiger charge is 2.18. The number of para-hydroxylation sites is 1. The highest BCUT2D eigenvalue weighted by Crippen LogP contribution is 2.24. The van der Waals surface area contributed by atoms with Crippen molar-refractivity contribution < 1.29 is 18.0 Å². The van der Waals surface area contributed by atoms with E-state index in [-0.39, 0.29) is 33.6 Å². The number of anilines is 1. The molecule has 2 amide bonds. The van der Waals surface area contributed by atoms with E-state index in [1.807, 2.05) is 0 Å². The van der Waals surface area contributed by atoms with E-state index in [0.717, 1.165) is 0 Å². The molecule has 2 rings (SSSR count). The summed E-state index contributed by atoms with van der Waals surface area (Å²) >= 11 is 5.97. The minimum absolute atomic E-state index is 0.0944. The van der Waals surface area contributed by atoms with Crippen LogP contribution in [0.5, 0.6) is 0 Å². The number of likely N-dealkylation sites (N-methyl/N-ethyl adjacent to an activating group) is 1. The van der Waals surface area contributed by atoms with E-state index in [9.17, 15) is 18.0 Å². The molecule has 138 valence electrons. The van der Waals surface area contributed by atoms with Crippen LogP contribution in [0.4, 0.5) is 5.69 Å². The minimum Gasteiger partial charge on any atom is -0.355 e. The van der Waals surface area contributed by atoms with Gasteiger partial charge in [0.25, 0.3) is 15.9 Å². The smallest absolute Gasteiger partial charge is 0.261 e. The predicted molar refractivity (Wildman–Crippen MR) is 99.7 cm³/mol. The molecule has 0 radical (unpaired) electrons. The summed E-state index contributed by atoms with van der Waals surface area (Å²) in [5, 5.41) is 5.24. The SMILES string of the molecule is CCNC(=O)CNC(=O)c1cccc(S(=O)(=O)Nc2ccccc2Cl)c1. The highest BCUT2D eigenvalue weighted by molar-refractivity contribution is 7.92. The number of halogens is 1. The van der Waals surface area contributed by atoms with Gasteiger partial charge in [0, 0.05) is 12.1 Å². The van der Waals surface area contributed by atoms with Crippen molar-refractivity contribution in [2.75, 3.05) is 17.8 Å². The number of carbonyl (C=O) groups excluding carboxylic acids is 2. The first kappa shape index (κ1) is 19.7. The molecular formula is C17H18ClN3O4S. The summed E-state index contributed by atoms with van der Waals surface area (Å²) in [7, 11) is -3.93. The molecule has 0 aromatic heterocycles. The van der Waals surface area contributed by atoms with Gasteiger partial charge in [-0.2, -0.15) is 0 Å². The molecule has 0 unspecified atom stereocenters. The molecule has 0 aliphatic carbocycles. The van der Waals surface area contributed by atoms with Crippen molar-refractivity contribution >= 4 is 39.1 Å². The van der Waals surface area contributed by atoms with Crippen LogP contribution in [0.1, 0.15) is 17.3 Å². The second kappa shape index (κ2) is 8.68. The van der Waals surface area contributed by atoms with Crippen LogP contribution in [0.3, 0.4) is 0 Å². The van der Waals surface area contributed by atoms with Gasteiger partial charge in [-0.15, -0.1) is 0 Å². The van der Waals surface area contributed by atoms with E-state index in [1.54, 1.807) is 25.1 Å². The van der Waals surface area contributed by atoms with Crippen LogP contribution in [0.2, 0.25) is 5.02 Å². The number of amides is 2. The molecule has 0 saturated carbocycles. The molecule has 3 N–H and O–H groups in total. The summed E-state index contributed by atoms with van der Waals surface area (Å²) < 4.78 is 27.4. The van der Waals surface area contributed by atoms with Gasteiger partial charge in [-0.25, -0.2) is 8.42 Å². The molecule has 0 atom stereocenters. The maximum atomic E-state index is 12.5. The quantitative estimate of drug-likeness (QED) is 0.666. The minimum atomic E-state index is -3.93. The topological polar surface area (TPSA) is 104 Å². The zero-order chi connectivity index (χ0) is 19.2. The van der Waals surface area contributed by atoms with Crippen molar-refractivity contribution in [1.29, 1.82) is 0 Å². The van der Waals surface area contributed by atoms with Crippen LogP contribution in [0.15, 0.2) is 53.4 Å². The Morgan fingerprint density at radius 1 is 1.04 bits per heavy atom. The van der Waals surface area contributed by atoms with Gasteiger partial charge in [-0.1, -0.05) is 29.8 Å². The van der Waals surface area contributed by atoms with Crippen molar-refractivity contribution in [3.63, 3.8) is 0 Å². The Balaban J connectivity index is 2.16. The largest absolute Gasteiger partial charge is 0.355 e. The number of hydrogen-bond acceptors (Lipinski definition) is 4. The van der Waals surface area contributed by atoms with Gasteiger partial charge in [-0.3, -0.25) is 14.3 Å². The molecule has 0 spiro atoms. The molecule has 0 bridgehead atoms. The number of sulfonamides is 1. The van der Waals surface area contributed by atoms with Gasteiger partial charge in [0.15, 0.2) is 0 Å². The molecule has 0 saturated heterocycles. The van der Waals surface area contributed by atoms with Crippen LogP contribution < -0.4 is 15.4 Å². The maximum Gasteiger partial charge on any atom is 0.261 e. The predicted octanol–water partition coefficient (Wildman–Crippen LogP) is 2.01. The molecule has 2 aromatic rings. The molecule has 2 aromatic carbocycles. The van der Waals surface area contributed by atoms with E-state index in [0.29, 0.717) is 6.54 Å². The van der Waals surface area contributed by atoms with E-state index in [4.69, 9.17) is 11.6 Å². The number of hydrogen-bond donors (Lipinski definition) is 3. The Bertz CT molecular complexity index is 916. The fourth-order valence-electron chi connectivity index (χ4n) is 2.07. The van der Waals surface area contributed by atoms with Gasteiger partial charge in [-0.05, 0) is 37.3 Å². The Morgan fingerprint density at radius 3 is 2.46 bits per heavy atom. The molecule has 0 aliphatic rings. The fraction of sp³-hybridized carbons (Fsp3) is 0.176. The van der Waals surface area contributed by atoms with E-state index < -0.39 is 15.9 Å². The summed E-state index contributed by atoms with van der Waals surface area (Å²) in [5.41, 5.74) is 0.358. The van der Waals surface area contributed by atoms with Gasteiger partial charge in [0.1, 0.15) is 0 Å². The zero-order valence-electron chi connectivity index (χ0n) is 14.0. The van der Waals surface area contributed by atoms with Gasteiger partial charge in [0.2, 0.25) is 5.91 Å². The molecule has 26 heavy (non-hydrogen) atoms. The van der Waals surface area contributed by atoms with Gasteiger partial charge < -0.3 is 10.6 Å². The van der Waals surface area contributed by atoms with E-state index >= 15 is 0 Å². The van der Waals surface area contributed by atoms with Crippen LogP contribution in [-0.4, -0.2) is 33.3 Å². The number of nitrogens with one attached hydrogen (secondary N) is 3. The molecule has 7 nitrogen and oxygen atoms in total. The lowest BCUT2D eigenvalue weighted by Crippen LogP contribution is -2.36. The lowest BCUT2D eigenvalue weighted by Gasteiger charge is -2.11. The summed E-state index contributed by atoms with van der Waals surface area (Å²) in [6, 6.07) is 11.9. The first-order valence-electron chi connectivity index (χ1n) is 7.76. The number of carbonyl (C=O) groups is 2. The average molecular weight is 396 g/mol. The molecule has 0 fully saturated rings. The molecule has 0 aliphatic heterocycles. The third-order valence-corrected chi connectivity index (χ3v) is 5.00. The van der Waals surface area contributed by atoms with Crippen LogP contribution >= 0.6 is 11.6 Å². The number of benzene rings is 2. The van der Waals surface area contributed by atoms with Crippen molar-refractivity contribution in [3.05, 3.63) is 59.1 Å². The normalized spacial score (nSPS) is 10.8. The maximum absolute atomic E-state index is 12.5. The van der Waals surface area contributed by atoms with Crippen LogP contribution in [0.25, 0.3) is 0 Å². The lowest BCUT2D eigenvalue weighted by molar-refractivity contribution is -0.120. The Hall–Kier alpha value is -2.58.